The summed E-state index contributed by atoms with van der Waals surface area (Å²) in [4.78, 5) is 32.1. The molecule has 1 aliphatic rings. The fraction of sp³-hybridized carbons (Fsp3) is 0.269. The van der Waals surface area contributed by atoms with E-state index < -0.39 is 0 Å². The Bertz CT molecular complexity index is 1060. The van der Waals surface area contributed by atoms with E-state index >= 15 is 0 Å². The van der Waals surface area contributed by atoms with Crippen LogP contribution in [0.25, 0.3) is 11.1 Å². The molecule has 0 unspecified atom stereocenters. The molecule has 0 radical (unpaired) electrons. The quantitative estimate of drug-likeness (QED) is 0.541. The van der Waals surface area contributed by atoms with Gasteiger partial charge in [-0.2, -0.15) is 0 Å². The zero-order valence-electron chi connectivity index (χ0n) is 18.2. The van der Waals surface area contributed by atoms with Crippen molar-refractivity contribution < 1.29 is 9.59 Å². The molecule has 1 aliphatic heterocycles. The summed E-state index contributed by atoms with van der Waals surface area (Å²) in [7, 11) is 0. The minimum atomic E-state index is -0.0663. The van der Waals surface area contributed by atoms with Gasteiger partial charge in [0.05, 0.1) is 5.75 Å². The summed E-state index contributed by atoms with van der Waals surface area (Å²) in [5.74, 6) is 0.501. The van der Waals surface area contributed by atoms with Gasteiger partial charge in [0.15, 0.2) is 0 Å². The highest BCUT2D eigenvalue weighted by Crippen LogP contribution is 2.25. The van der Waals surface area contributed by atoms with Gasteiger partial charge in [-0.3, -0.25) is 14.6 Å². The van der Waals surface area contributed by atoms with Crippen LogP contribution < -0.4 is 5.32 Å². The predicted molar refractivity (Wildman–Crippen MR) is 130 cm³/mol. The molecule has 0 spiro atoms. The van der Waals surface area contributed by atoms with Crippen LogP contribution in [0.2, 0.25) is 0 Å². The number of nitrogens with zero attached hydrogens (tertiary/aromatic N) is 2. The van der Waals surface area contributed by atoms with Crippen LogP contribution in [0, 0.1) is 12.8 Å². The second-order valence-electron chi connectivity index (χ2n) is 8.06. The molecule has 3 aromatic rings. The molecule has 1 saturated heterocycles. The predicted octanol–water partition coefficient (Wildman–Crippen LogP) is 5.03. The minimum Gasteiger partial charge on any atom is -0.342 e. The number of likely N-dealkylation sites (tertiary alicyclic amines) is 1. The largest absolute Gasteiger partial charge is 0.342 e. The van der Waals surface area contributed by atoms with E-state index in [4.69, 9.17) is 0 Å². The summed E-state index contributed by atoms with van der Waals surface area (Å²) in [6, 6.07) is 20.1. The van der Waals surface area contributed by atoms with Crippen LogP contribution in [0.15, 0.2) is 78.0 Å². The Labute approximate surface area is 193 Å². The van der Waals surface area contributed by atoms with Crippen LogP contribution in [0.5, 0.6) is 0 Å². The molecular formula is C26H27N3O2S. The maximum absolute atomic E-state index is 12.7. The number of carbonyl (C=O) groups is 2. The minimum absolute atomic E-state index is 0.0339. The number of piperidine rings is 1. The van der Waals surface area contributed by atoms with E-state index in [9.17, 15) is 9.59 Å². The zero-order valence-corrected chi connectivity index (χ0v) is 19.0. The molecule has 0 bridgehead atoms. The summed E-state index contributed by atoms with van der Waals surface area (Å²) in [5, 5.41) is 3.04. The number of carbonyl (C=O) groups excluding carboxylic acids is 2. The number of thioether (sulfide) groups is 1. The first-order valence-corrected chi connectivity index (χ1v) is 11.9. The van der Waals surface area contributed by atoms with Gasteiger partial charge in [-0.05, 0) is 55.2 Å². The van der Waals surface area contributed by atoms with Crippen molar-refractivity contribution in [2.45, 2.75) is 24.7 Å². The van der Waals surface area contributed by atoms with Gasteiger partial charge in [-0.1, -0.05) is 42.0 Å². The lowest BCUT2D eigenvalue weighted by Crippen LogP contribution is -2.42. The van der Waals surface area contributed by atoms with E-state index in [1.807, 2.05) is 41.3 Å². The van der Waals surface area contributed by atoms with Crippen molar-refractivity contribution >= 4 is 29.3 Å². The molecule has 6 heteroatoms. The normalized spacial score (nSPS) is 14.2. The van der Waals surface area contributed by atoms with Gasteiger partial charge in [0.2, 0.25) is 11.8 Å². The molecule has 4 rings (SSSR count). The van der Waals surface area contributed by atoms with Crippen molar-refractivity contribution in [2.24, 2.45) is 5.92 Å². The third kappa shape index (κ3) is 5.77. The number of aromatic nitrogens is 1. The van der Waals surface area contributed by atoms with Gasteiger partial charge < -0.3 is 10.2 Å². The maximum atomic E-state index is 12.7. The first-order chi connectivity index (χ1) is 15.6. The van der Waals surface area contributed by atoms with Crippen molar-refractivity contribution in [2.75, 3.05) is 24.2 Å². The Morgan fingerprint density at radius 1 is 1.00 bits per heavy atom. The van der Waals surface area contributed by atoms with E-state index in [1.54, 1.807) is 12.4 Å². The van der Waals surface area contributed by atoms with E-state index in [-0.39, 0.29) is 17.7 Å². The number of rotatable bonds is 6. The van der Waals surface area contributed by atoms with Gasteiger partial charge in [-0.25, -0.2) is 0 Å². The molecule has 2 amide bonds. The van der Waals surface area contributed by atoms with Gasteiger partial charge in [0.1, 0.15) is 0 Å². The highest BCUT2D eigenvalue weighted by atomic mass is 32.2. The van der Waals surface area contributed by atoms with Gasteiger partial charge in [-0.15, -0.1) is 11.8 Å². The third-order valence-corrected chi connectivity index (χ3v) is 6.73. The van der Waals surface area contributed by atoms with Gasteiger partial charge in [0, 0.05) is 42.0 Å². The fourth-order valence-electron chi connectivity index (χ4n) is 3.88. The van der Waals surface area contributed by atoms with Crippen LogP contribution in [-0.2, 0) is 9.59 Å². The number of hydrogen-bond acceptors (Lipinski definition) is 4. The third-order valence-electron chi connectivity index (χ3n) is 5.73. The topological polar surface area (TPSA) is 62.3 Å². The standard InChI is InChI=1S/C26H27N3O2S/c1-19-3-2-4-22(17-19)20-5-7-23(8-6-20)28-26(31)21-11-15-29(16-12-21)25(30)18-32-24-9-13-27-14-10-24/h2-10,13-14,17,21H,11-12,15-16,18H2,1H3,(H,28,31). The SMILES string of the molecule is Cc1cccc(-c2ccc(NC(=O)C3CCN(C(=O)CSc4ccncc4)CC3)cc2)c1. The first-order valence-electron chi connectivity index (χ1n) is 10.9. The van der Waals surface area contributed by atoms with Crippen LogP contribution in [-0.4, -0.2) is 40.5 Å². The number of hydrogen-bond donors (Lipinski definition) is 1. The summed E-state index contributed by atoms with van der Waals surface area (Å²) in [6.45, 7) is 3.33. The number of aryl methyl sites for hydroxylation is 1. The zero-order chi connectivity index (χ0) is 22.3. The monoisotopic (exact) mass is 445 g/mol. The van der Waals surface area contributed by atoms with Gasteiger partial charge >= 0.3 is 0 Å². The average Bonchev–Trinajstić information content (AvgIpc) is 2.84. The molecular weight excluding hydrogens is 418 g/mol. The number of anilines is 1. The maximum Gasteiger partial charge on any atom is 0.232 e. The van der Waals surface area contributed by atoms with E-state index in [2.05, 4.69) is 41.5 Å². The van der Waals surface area contributed by atoms with E-state index in [0.29, 0.717) is 31.7 Å². The highest BCUT2D eigenvalue weighted by molar-refractivity contribution is 8.00. The molecule has 0 atom stereocenters. The lowest BCUT2D eigenvalue weighted by atomic mass is 9.95. The van der Waals surface area contributed by atoms with Crippen LogP contribution in [0.1, 0.15) is 18.4 Å². The molecule has 164 valence electrons. The second-order valence-corrected chi connectivity index (χ2v) is 9.11. The molecule has 0 aliphatic carbocycles. The smallest absolute Gasteiger partial charge is 0.232 e. The molecule has 1 N–H and O–H groups in total. The lowest BCUT2D eigenvalue weighted by Gasteiger charge is -2.31. The van der Waals surface area contributed by atoms with Crippen molar-refractivity contribution in [1.29, 1.82) is 0 Å². The van der Waals surface area contributed by atoms with Gasteiger partial charge in [0.25, 0.3) is 0 Å². The summed E-state index contributed by atoms with van der Waals surface area (Å²) >= 11 is 1.52. The molecule has 5 nitrogen and oxygen atoms in total. The van der Waals surface area contributed by atoms with Crippen LogP contribution in [0.3, 0.4) is 0 Å². The number of amides is 2. The van der Waals surface area contributed by atoms with E-state index in [0.717, 1.165) is 16.1 Å². The van der Waals surface area contributed by atoms with Crippen LogP contribution >= 0.6 is 11.8 Å². The van der Waals surface area contributed by atoms with Crippen molar-refractivity contribution in [3.05, 3.63) is 78.6 Å². The first kappa shape index (κ1) is 22.1. The van der Waals surface area contributed by atoms with E-state index in [1.165, 1.54) is 22.9 Å². The molecule has 0 saturated carbocycles. The number of benzene rings is 2. The second kappa shape index (κ2) is 10.5. The molecule has 1 fully saturated rings. The van der Waals surface area contributed by atoms with Crippen LogP contribution in [0.4, 0.5) is 5.69 Å². The lowest BCUT2D eigenvalue weighted by molar-refractivity contribution is -0.132. The number of pyridine rings is 1. The Balaban J connectivity index is 1.25. The molecule has 2 heterocycles. The fourth-order valence-corrected chi connectivity index (χ4v) is 4.66. The Hall–Kier alpha value is -3.12. The average molecular weight is 446 g/mol. The van der Waals surface area contributed by atoms with Crippen molar-refractivity contribution in [1.82, 2.24) is 9.88 Å². The highest BCUT2D eigenvalue weighted by Gasteiger charge is 2.27. The summed E-state index contributed by atoms with van der Waals surface area (Å²) in [5.41, 5.74) is 4.32. The Morgan fingerprint density at radius 3 is 2.41 bits per heavy atom. The number of nitrogens with one attached hydrogen (secondary N) is 1. The summed E-state index contributed by atoms with van der Waals surface area (Å²) in [6.07, 6.45) is 4.85. The molecule has 32 heavy (non-hydrogen) atoms. The Kier molecular flexibility index (Phi) is 7.22. The summed E-state index contributed by atoms with van der Waals surface area (Å²) < 4.78 is 0. The molecule has 1 aromatic heterocycles. The Morgan fingerprint density at radius 2 is 1.72 bits per heavy atom. The van der Waals surface area contributed by atoms with Crippen molar-refractivity contribution in [3.8, 4) is 11.1 Å². The van der Waals surface area contributed by atoms with Crippen molar-refractivity contribution in [3.63, 3.8) is 0 Å². The molecule has 2 aromatic carbocycles.